The number of amides is 1. The van der Waals surface area contributed by atoms with E-state index in [4.69, 9.17) is 4.42 Å². The van der Waals surface area contributed by atoms with Gasteiger partial charge < -0.3 is 9.73 Å². The average molecular weight is 399 g/mol. The van der Waals surface area contributed by atoms with Gasteiger partial charge in [0.25, 0.3) is 0 Å². The molecule has 146 valence electrons. The minimum absolute atomic E-state index is 0.0122. The maximum absolute atomic E-state index is 12.8. The SMILES string of the molecule is Cc1ccc(-c2cnc(CCC(=O)NCCCSc3ccc(F)cc3)o2)cc1. The molecule has 3 rings (SSSR count). The minimum atomic E-state index is -0.228. The first-order valence-electron chi connectivity index (χ1n) is 9.27. The Hall–Kier alpha value is -2.60. The first-order valence-corrected chi connectivity index (χ1v) is 10.3. The quantitative estimate of drug-likeness (QED) is 0.406. The molecule has 0 atom stereocenters. The highest BCUT2D eigenvalue weighted by molar-refractivity contribution is 7.99. The van der Waals surface area contributed by atoms with E-state index in [2.05, 4.69) is 10.3 Å². The summed E-state index contributed by atoms with van der Waals surface area (Å²) in [5, 5.41) is 2.91. The Labute approximate surface area is 168 Å². The Kier molecular flexibility index (Phi) is 7.25. The molecule has 0 fully saturated rings. The number of carbonyl (C=O) groups is 1. The molecule has 6 heteroatoms. The first-order chi connectivity index (χ1) is 13.6. The van der Waals surface area contributed by atoms with Gasteiger partial charge in [-0.2, -0.15) is 0 Å². The molecule has 0 aliphatic heterocycles. The largest absolute Gasteiger partial charge is 0.441 e. The summed E-state index contributed by atoms with van der Waals surface area (Å²) in [6.07, 6.45) is 3.37. The van der Waals surface area contributed by atoms with Gasteiger partial charge in [-0.25, -0.2) is 9.37 Å². The van der Waals surface area contributed by atoms with Gasteiger partial charge in [-0.1, -0.05) is 29.8 Å². The number of carbonyl (C=O) groups excluding carboxylic acids is 1. The number of rotatable bonds is 9. The van der Waals surface area contributed by atoms with Crippen LogP contribution in [-0.4, -0.2) is 23.2 Å². The molecule has 0 radical (unpaired) electrons. The van der Waals surface area contributed by atoms with Crippen LogP contribution >= 0.6 is 11.8 Å². The number of hydrogen-bond donors (Lipinski definition) is 1. The maximum atomic E-state index is 12.8. The molecule has 1 aromatic heterocycles. The van der Waals surface area contributed by atoms with E-state index in [0.29, 0.717) is 31.0 Å². The van der Waals surface area contributed by atoms with Crippen molar-refractivity contribution in [3.63, 3.8) is 0 Å². The summed E-state index contributed by atoms with van der Waals surface area (Å²) < 4.78 is 18.6. The monoisotopic (exact) mass is 398 g/mol. The molecule has 1 heterocycles. The van der Waals surface area contributed by atoms with Crippen LogP contribution in [0.4, 0.5) is 4.39 Å². The van der Waals surface area contributed by atoms with E-state index in [1.807, 2.05) is 31.2 Å². The highest BCUT2D eigenvalue weighted by Gasteiger charge is 2.09. The third-order valence-corrected chi connectivity index (χ3v) is 5.28. The molecule has 0 aliphatic carbocycles. The summed E-state index contributed by atoms with van der Waals surface area (Å²) in [4.78, 5) is 17.3. The van der Waals surface area contributed by atoms with Crippen molar-refractivity contribution >= 4 is 17.7 Å². The minimum Gasteiger partial charge on any atom is -0.441 e. The highest BCUT2D eigenvalue weighted by atomic mass is 32.2. The number of nitrogens with one attached hydrogen (secondary N) is 1. The Bertz CT molecular complexity index is 892. The van der Waals surface area contributed by atoms with Gasteiger partial charge in [0.05, 0.1) is 6.20 Å². The van der Waals surface area contributed by atoms with Crippen LogP contribution in [0.1, 0.15) is 24.3 Å². The fourth-order valence-electron chi connectivity index (χ4n) is 2.61. The van der Waals surface area contributed by atoms with Crippen LogP contribution in [0.25, 0.3) is 11.3 Å². The summed E-state index contributed by atoms with van der Waals surface area (Å²) in [5.41, 5.74) is 2.17. The Morgan fingerprint density at radius 2 is 1.89 bits per heavy atom. The zero-order valence-electron chi connectivity index (χ0n) is 15.8. The number of thioether (sulfide) groups is 1. The van der Waals surface area contributed by atoms with Crippen molar-refractivity contribution in [1.82, 2.24) is 10.3 Å². The third kappa shape index (κ3) is 6.23. The van der Waals surface area contributed by atoms with E-state index in [1.54, 1.807) is 30.1 Å². The summed E-state index contributed by atoms with van der Waals surface area (Å²) in [6.45, 7) is 2.66. The second-order valence-corrected chi connectivity index (χ2v) is 7.66. The van der Waals surface area contributed by atoms with E-state index >= 15 is 0 Å². The van der Waals surface area contributed by atoms with Gasteiger partial charge in [0.15, 0.2) is 11.7 Å². The molecule has 0 aliphatic rings. The lowest BCUT2D eigenvalue weighted by atomic mass is 10.1. The number of benzene rings is 2. The van der Waals surface area contributed by atoms with Gasteiger partial charge in [0.1, 0.15) is 5.82 Å². The number of nitrogens with zero attached hydrogens (tertiary/aromatic N) is 1. The number of aromatic nitrogens is 1. The molecule has 28 heavy (non-hydrogen) atoms. The molecule has 3 aromatic rings. The summed E-state index contributed by atoms with van der Waals surface area (Å²) in [6, 6.07) is 14.5. The zero-order valence-corrected chi connectivity index (χ0v) is 16.6. The molecule has 2 aromatic carbocycles. The van der Waals surface area contributed by atoms with E-state index in [1.165, 1.54) is 17.7 Å². The van der Waals surface area contributed by atoms with Crippen molar-refractivity contribution < 1.29 is 13.6 Å². The first kappa shape index (κ1) is 20.1. The molecular weight excluding hydrogens is 375 g/mol. The number of aryl methyl sites for hydroxylation is 2. The van der Waals surface area contributed by atoms with E-state index in [-0.39, 0.29) is 11.7 Å². The second-order valence-electron chi connectivity index (χ2n) is 6.49. The predicted octanol–water partition coefficient (Wildman–Crippen LogP) is 5.02. The number of halogens is 1. The Morgan fingerprint density at radius 1 is 1.14 bits per heavy atom. The van der Waals surface area contributed by atoms with Crippen LogP contribution in [0.5, 0.6) is 0 Å². The van der Waals surface area contributed by atoms with Crippen molar-refractivity contribution in [2.45, 2.75) is 31.1 Å². The molecule has 0 saturated carbocycles. The van der Waals surface area contributed by atoms with Gasteiger partial charge in [0, 0.05) is 29.8 Å². The molecule has 0 spiro atoms. The lowest BCUT2D eigenvalue weighted by molar-refractivity contribution is -0.121. The van der Waals surface area contributed by atoms with Crippen LogP contribution in [0, 0.1) is 12.7 Å². The molecule has 0 saturated heterocycles. The van der Waals surface area contributed by atoms with Crippen molar-refractivity contribution in [2.75, 3.05) is 12.3 Å². The Balaban J connectivity index is 1.33. The second kappa shape index (κ2) is 10.1. The number of oxazole rings is 1. The highest BCUT2D eigenvalue weighted by Crippen LogP contribution is 2.21. The van der Waals surface area contributed by atoms with E-state index in [0.717, 1.165) is 22.6 Å². The molecule has 0 bridgehead atoms. The van der Waals surface area contributed by atoms with Crippen molar-refractivity contribution in [1.29, 1.82) is 0 Å². The summed E-state index contributed by atoms with van der Waals surface area (Å²) in [7, 11) is 0. The van der Waals surface area contributed by atoms with Crippen LogP contribution in [0.15, 0.2) is 64.0 Å². The van der Waals surface area contributed by atoms with Gasteiger partial charge in [-0.05, 0) is 43.4 Å². The number of hydrogen-bond acceptors (Lipinski definition) is 4. The van der Waals surface area contributed by atoms with Gasteiger partial charge in [-0.15, -0.1) is 11.8 Å². The topological polar surface area (TPSA) is 55.1 Å². The molecule has 0 unspecified atom stereocenters. The Morgan fingerprint density at radius 3 is 2.64 bits per heavy atom. The van der Waals surface area contributed by atoms with Crippen LogP contribution in [0.2, 0.25) is 0 Å². The fraction of sp³-hybridized carbons (Fsp3) is 0.273. The van der Waals surface area contributed by atoms with Crippen LogP contribution in [0.3, 0.4) is 0 Å². The molecular formula is C22H23FN2O2S. The van der Waals surface area contributed by atoms with Gasteiger partial charge >= 0.3 is 0 Å². The summed E-state index contributed by atoms with van der Waals surface area (Å²) in [5.74, 6) is 1.91. The molecule has 4 nitrogen and oxygen atoms in total. The van der Waals surface area contributed by atoms with E-state index < -0.39 is 0 Å². The average Bonchev–Trinajstić information content (AvgIpc) is 3.17. The van der Waals surface area contributed by atoms with Gasteiger partial charge in [0.2, 0.25) is 5.91 Å². The normalized spacial score (nSPS) is 10.8. The smallest absolute Gasteiger partial charge is 0.220 e. The molecule has 1 N–H and O–H groups in total. The maximum Gasteiger partial charge on any atom is 0.220 e. The van der Waals surface area contributed by atoms with Crippen molar-refractivity contribution in [2.24, 2.45) is 0 Å². The lowest BCUT2D eigenvalue weighted by Crippen LogP contribution is -2.25. The molecule has 1 amide bonds. The van der Waals surface area contributed by atoms with Crippen LogP contribution < -0.4 is 5.32 Å². The van der Waals surface area contributed by atoms with Gasteiger partial charge in [-0.3, -0.25) is 4.79 Å². The predicted molar refractivity (Wildman–Crippen MR) is 110 cm³/mol. The standard InChI is InChI=1S/C22H23FN2O2S/c1-16-3-5-17(6-4-16)20-15-25-22(27-20)12-11-21(26)24-13-2-14-28-19-9-7-18(23)8-10-19/h3-10,15H,2,11-14H2,1H3,(H,24,26). The van der Waals surface area contributed by atoms with Crippen molar-refractivity contribution in [3.05, 3.63) is 72.0 Å². The third-order valence-electron chi connectivity index (χ3n) is 4.18. The van der Waals surface area contributed by atoms with E-state index in [9.17, 15) is 9.18 Å². The fourth-order valence-corrected chi connectivity index (χ4v) is 3.46. The summed E-state index contributed by atoms with van der Waals surface area (Å²) >= 11 is 1.65. The zero-order chi connectivity index (χ0) is 19.8. The van der Waals surface area contributed by atoms with Crippen LogP contribution in [-0.2, 0) is 11.2 Å². The lowest BCUT2D eigenvalue weighted by Gasteiger charge is -2.05. The van der Waals surface area contributed by atoms with Crippen molar-refractivity contribution in [3.8, 4) is 11.3 Å².